The lowest BCUT2D eigenvalue weighted by atomic mass is 10.1. The first-order valence-electron chi connectivity index (χ1n) is 7.71. The van der Waals surface area contributed by atoms with Crippen LogP contribution in [0.3, 0.4) is 0 Å². The van der Waals surface area contributed by atoms with E-state index < -0.39 is 21.9 Å². The average molecular weight is 553 g/mol. The molecule has 5 nitrogen and oxygen atoms in total. The molecule has 2 aromatic heterocycles. The molecule has 3 aromatic rings. The molecule has 3 rings (SSSR count). The van der Waals surface area contributed by atoms with Gasteiger partial charge in [-0.1, -0.05) is 40.8 Å². The van der Waals surface area contributed by atoms with Crippen molar-refractivity contribution < 1.29 is 13.2 Å². The fourth-order valence-electron chi connectivity index (χ4n) is 2.59. The molecule has 10 heteroatoms. The van der Waals surface area contributed by atoms with Crippen LogP contribution in [0.1, 0.15) is 27.4 Å². The third-order valence-corrected chi connectivity index (χ3v) is 5.72. The highest BCUT2D eigenvalue weighted by atomic mass is 127. The third-order valence-electron chi connectivity index (χ3n) is 3.98. The quantitative estimate of drug-likeness (QED) is 0.214. The second-order valence-corrected chi connectivity index (χ2v) is 7.83. The van der Waals surface area contributed by atoms with Crippen LogP contribution in [0.4, 0.5) is 19.0 Å². The lowest BCUT2D eigenvalue weighted by Gasteiger charge is -2.17. The number of fused-ring (bicyclic) bond motifs is 1. The van der Waals surface area contributed by atoms with Crippen molar-refractivity contribution in [2.75, 3.05) is 5.32 Å². The van der Waals surface area contributed by atoms with Crippen LogP contribution in [0.15, 0.2) is 33.7 Å². The van der Waals surface area contributed by atoms with Crippen molar-refractivity contribution in [2.24, 2.45) is 7.05 Å². The number of benzene rings is 1. The van der Waals surface area contributed by atoms with Crippen LogP contribution in [0.25, 0.3) is 10.9 Å². The molecule has 0 unspecified atom stereocenters. The summed E-state index contributed by atoms with van der Waals surface area (Å²) in [5, 5.41) is 3.45. The van der Waals surface area contributed by atoms with Crippen LogP contribution in [-0.4, -0.2) is 14.5 Å². The van der Waals surface area contributed by atoms with Crippen molar-refractivity contribution in [1.29, 1.82) is 0 Å². The van der Waals surface area contributed by atoms with Crippen molar-refractivity contribution in [2.45, 2.75) is 17.4 Å². The molecule has 2 heterocycles. The van der Waals surface area contributed by atoms with Crippen LogP contribution >= 0.6 is 38.5 Å². The van der Waals surface area contributed by atoms with Crippen LogP contribution in [0, 0.1) is 12.7 Å². The van der Waals surface area contributed by atoms with Gasteiger partial charge in [0.05, 0.1) is 15.6 Å². The van der Waals surface area contributed by atoms with Gasteiger partial charge in [-0.2, -0.15) is 0 Å². The standard InChI is InChI=1S/C17H13BrF3IN4O/c1-7-23-13-10(6-11(18)26(2)17(13)27)16(24-7)25-15(22)9-5-3-4-8(12(9)19)14(20)21/h3-6,14-15H,1-2H3,(H,23,24,25)/t15-/m0/s1. The topological polar surface area (TPSA) is 59.8 Å². The summed E-state index contributed by atoms with van der Waals surface area (Å²) in [7, 11) is 1.60. The predicted molar refractivity (Wildman–Crippen MR) is 109 cm³/mol. The summed E-state index contributed by atoms with van der Waals surface area (Å²) in [6.07, 6.45) is -2.91. The molecule has 0 bridgehead atoms. The monoisotopic (exact) mass is 552 g/mol. The molecule has 1 N–H and O–H groups in total. The number of pyridine rings is 1. The maximum absolute atomic E-state index is 14.4. The van der Waals surface area contributed by atoms with Crippen molar-refractivity contribution in [1.82, 2.24) is 14.5 Å². The number of nitrogens with one attached hydrogen (secondary N) is 1. The molecule has 0 aliphatic carbocycles. The van der Waals surface area contributed by atoms with Crippen molar-refractivity contribution >= 4 is 55.2 Å². The van der Waals surface area contributed by atoms with Gasteiger partial charge in [0.1, 0.15) is 27.0 Å². The summed E-state index contributed by atoms with van der Waals surface area (Å²) in [6, 6.07) is 5.53. The number of aryl methyl sites for hydroxylation is 1. The number of rotatable bonds is 4. The van der Waals surface area contributed by atoms with Crippen molar-refractivity contribution in [3.8, 4) is 0 Å². The minimum absolute atomic E-state index is 0.0701. The summed E-state index contributed by atoms with van der Waals surface area (Å²) < 4.78 is 41.6. The highest BCUT2D eigenvalue weighted by Crippen LogP contribution is 2.33. The molecule has 27 heavy (non-hydrogen) atoms. The Morgan fingerprint density at radius 3 is 2.59 bits per heavy atom. The van der Waals surface area contributed by atoms with Gasteiger partial charge in [0.15, 0.2) is 0 Å². The van der Waals surface area contributed by atoms with E-state index in [2.05, 4.69) is 31.2 Å². The number of hydrogen-bond donors (Lipinski definition) is 1. The number of alkyl halides is 3. The average Bonchev–Trinajstić information content (AvgIpc) is 2.60. The smallest absolute Gasteiger partial charge is 0.277 e. The van der Waals surface area contributed by atoms with E-state index in [1.54, 1.807) is 20.0 Å². The Morgan fingerprint density at radius 1 is 1.26 bits per heavy atom. The largest absolute Gasteiger partial charge is 0.354 e. The molecular weight excluding hydrogens is 540 g/mol. The van der Waals surface area contributed by atoms with Gasteiger partial charge in [-0.15, -0.1) is 0 Å². The first kappa shape index (κ1) is 20.1. The van der Waals surface area contributed by atoms with Crippen LogP contribution in [0.5, 0.6) is 0 Å². The lowest BCUT2D eigenvalue weighted by molar-refractivity contribution is 0.146. The minimum Gasteiger partial charge on any atom is -0.354 e. The Hall–Kier alpha value is -1.69. The normalized spacial score (nSPS) is 12.6. The fourth-order valence-corrected chi connectivity index (χ4v) is 3.76. The molecule has 1 atom stereocenters. The van der Waals surface area contributed by atoms with Gasteiger partial charge in [-0.05, 0) is 28.9 Å². The first-order chi connectivity index (χ1) is 12.7. The SMILES string of the molecule is Cc1nc(N[C@H](I)c2cccc(C(F)F)c2F)c2cc(Br)n(C)c(=O)c2n1. The summed E-state index contributed by atoms with van der Waals surface area (Å²) >= 11 is 5.20. The van der Waals surface area contributed by atoms with E-state index in [4.69, 9.17) is 0 Å². The van der Waals surface area contributed by atoms with E-state index in [1.165, 1.54) is 16.7 Å². The van der Waals surface area contributed by atoms with E-state index >= 15 is 0 Å². The summed E-state index contributed by atoms with van der Waals surface area (Å²) in [5.41, 5.74) is -0.693. The van der Waals surface area contributed by atoms with Gasteiger partial charge in [-0.3, -0.25) is 4.79 Å². The van der Waals surface area contributed by atoms with Gasteiger partial charge in [0, 0.05) is 12.6 Å². The number of halogens is 5. The van der Waals surface area contributed by atoms with E-state index in [9.17, 15) is 18.0 Å². The Morgan fingerprint density at radius 2 is 1.93 bits per heavy atom. The zero-order valence-corrected chi connectivity index (χ0v) is 17.8. The van der Waals surface area contributed by atoms with Gasteiger partial charge in [0.25, 0.3) is 12.0 Å². The highest BCUT2D eigenvalue weighted by Gasteiger charge is 2.21. The maximum atomic E-state index is 14.4. The number of anilines is 1. The molecule has 0 radical (unpaired) electrons. The van der Waals surface area contributed by atoms with Crippen LogP contribution in [-0.2, 0) is 7.05 Å². The Bertz CT molecular complexity index is 1090. The zero-order valence-electron chi connectivity index (χ0n) is 14.1. The van der Waals surface area contributed by atoms with Crippen LogP contribution in [0.2, 0.25) is 0 Å². The molecule has 0 amide bonds. The molecule has 0 aliphatic rings. The van der Waals surface area contributed by atoms with Gasteiger partial charge >= 0.3 is 0 Å². The van der Waals surface area contributed by atoms with Crippen molar-refractivity contribution in [3.63, 3.8) is 0 Å². The summed E-state index contributed by atoms with van der Waals surface area (Å²) in [4.78, 5) is 20.9. The lowest BCUT2D eigenvalue weighted by Crippen LogP contribution is -2.20. The van der Waals surface area contributed by atoms with Gasteiger partial charge in [0.2, 0.25) is 0 Å². The first-order valence-corrected chi connectivity index (χ1v) is 9.75. The molecule has 0 saturated carbocycles. The molecule has 0 aliphatic heterocycles. The third kappa shape index (κ3) is 3.82. The second kappa shape index (κ2) is 7.74. The molecular formula is C17H13BrF3IN4O. The Labute approximate surface area is 174 Å². The van der Waals surface area contributed by atoms with Gasteiger partial charge in [-0.25, -0.2) is 23.1 Å². The zero-order chi connectivity index (χ0) is 19.9. The second-order valence-electron chi connectivity index (χ2n) is 5.77. The minimum atomic E-state index is -2.91. The number of aromatic nitrogens is 3. The number of nitrogens with zero attached hydrogens (tertiary/aromatic N) is 3. The molecule has 0 fully saturated rings. The molecule has 0 spiro atoms. The van der Waals surface area contributed by atoms with E-state index in [0.29, 0.717) is 21.6 Å². The molecule has 1 aromatic carbocycles. The van der Waals surface area contributed by atoms with E-state index in [1.807, 2.05) is 22.6 Å². The summed E-state index contributed by atoms with van der Waals surface area (Å²) in [5.74, 6) is -0.293. The maximum Gasteiger partial charge on any atom is 0.277 e. The van der Waals surface area contributed by atoms with Gasteiger partial charge < -0.3 is 9.88 Å². The van der Waals surface area contributed by atoms with E-state index in [0.717, 1.165) is 6.07 Å². The Kier molecular flexibility index (Phi) is 5.75. The van der Waals surface area contributed by atoms with Crippen molar-refractivity contribution in [3.05, 3.63) is 62.0 Å². The van der Waals surface area contributed by atoms with E-state index in [-0.39, 0.29) is 16.6 Å². The van der Waals surface area contributed by atoms with Crippen LogP contribution < -0.4 is 10.9 Å². The fraction of sp³-hybridized carbons (Fsp3) is 0.235. The summed E-state index contributed by atoms with van der Waals surface area (Å²) in [6.45, 7) is 1.63. The number of hydrogen-bond acceptors (Lipinski definition) is 4. The predicted octanol–water partition coefficient (Wildman–Crippen LogP) is 5.02. The molecule has 0 saturated heterocycles. The highest BCUT2D eigenvalue weighted by molar-refractivity contribution is 14.1. The molecule has 142 valence electrons. The Balaban J connectivity index is 2.10.